The highest BCUT2D eigenvalue weighted by molar-refractivity contribution is 7.90. The molecule has 0 unspecified atom stereocenters. The van der Waals surface area contributed by atoms with E-state index >= 15 is 0 Å². The fraction of sp³-hybridized carbons (Fsp3) is 0.190. The van der Waals surface area contributed by atoms with E-state index in [9.17, 15) is 13.2 Å². The minimum Gasteiger partial charge on any atom is -0.467 e. The van der Waals surface area contributed by atoms with Crippen molar-refractivity contribution < 1.29 is 22.4 Å². The maximum absolute atomic E-state index is 12.6. The lowest BCUT2D eigenvalue weighted by Crippen LogP contribution is -2.14. The summed E-state index contributed by atoms with van der Waals surface area (Å²) >= 11 is 0. The molecule has 0 aliphatic rings. The normalized spacial score (nSPS) is 11.4. The summed E-state index contributed by atoms with van der Waals surface area (Å²) < 4.78 is 34.3. The highest BCUT2D eigenvalue weighted by Crippen LogP contribution is 2.19. The van der Waals surface area contributed by atoms with Crippen molar-refractivity contribution in [1.82, 2.24) is 0 Å². The van der Waals surface area contributed by atoms with E-state index in [1.807, 2.05) is 24.3 Å². The zero-order chi connectivity index (χ0) is 20.1. The fourth-order valence-corrected chi connectivity index (χ4v) is 3.33. The lowest BCUT2D eigenvalue weighted by atomic mass is 10.1. The third-order valence-electron chi connectivity index (χ3n) is 4.16. The smallest absolute Gasteiger partial charge is 0.255 e. The molecule has 0 saturated heterocycles. The topological polar surface area (TPSA) is 85.6 Å². The van der Waals surface area contributed by atoms with Gasteiger partial charge in [0.15, 0.2) is 9.84 Å². The minimum atomic E-state index is -3.39. The number of benzene rings is 2. The maximum atomic E-state index is 12.6. The van der Waals surface area contributed by atoms with E-state index in [1.165, 1.54) is 12.1 Å². The van der Waals surface area contributed by atoms with E-state index in [0.717, 1.165) is 17.6 Å². The van der Waals surface area contributed by atoms with E-state index < -0.39 is 9.84 Å². The number of carbonyl (C=O) groups excluding carboxylic acids is 1. The van der Waals surface area contributed by atoms with Gasteiger partial charge < -0.3 is 14.5 Å². The first-order chi connectivity index (χ1) is 13.3. The van der Waals surface area contributed by atoms with Gasteiger partial charge in [0.25, 0.3) is 5.91 Å². The molecule has 1 amide bonds. The summed E-state index contributed by atoms with van der Waals surface area (Å²) in [5, 5.41) is 2.81. The quantitative estimate of drug-likeness (QED) is 0.650. The molecule has 146 valence electrons. The van der Waals surface area contributed by atoms with Gasteiger partial charge in [0.1, 0.15) is 12.4 Å². The number of aryl methyl sites for hydroxylation is 1. The van der Waals surface area contributed by atoms with Crippen molar-refractivity contribution in [3.63, 3.8) is 0 Å². The third kappa shape index (κ3) is 5.09. The van der Waals surface area contributed by atoms with Crippen molar-refractivity contribution in [2.24, 2.45) is 0 Å². The molecule has 0 aliphatic carbocycles. The molecular formula is C21H21NO5S. The van der Waals surface area contributed by atoms with Crippen LogP contribution in [0.25, 0.3) is 0 Å². The number of amides is 1. The molecular weight excluding hydrogens is 378 g/mol. The minimum absolute atomic E-state index is 0.114. The molecule has 0 atom stereocenters. The largest absolute Gasteiger partial charge is 0.467 e. The Balaban J connectivity index is 1.69. The standard InChI is InChI=1S/C21H21NO5S/c1-15-8-9-19(28(2,24)25)12-20(15)21(23)22-17-6-3-5-16(11-17)13-26-14-18-7-4-10-27-18/h3-12H,13-14H2,1-2H3,(H,22,23). The van der Waals surface area contributed by atoms with Gasteiger partial charge in [0, 0.05) is 17.5 Å². The van der Waals surface area contributed by atoms with E-state index in [1.54, 1.807) is 31.4 Å². The van der Waals surface area contributed by atoms with Gasteiger partial charge in [0.05, 0.1) is 17.8 Å². The van der Waals surface area contributed by atoms with Crippen molar-refractivity contribution in [3.8, 4) is 0 Å². The third-order valence-corrected chi connectivity index (χ3v) is 5.27. The van der Waals surface area contributed by atoms with Gasteiger partial charge in [-0.1, -0.05) is 18.2 Å². The predicted molar refractivity (Wildman–Crippen MR) is 106 cm³/mol. The molecule has 1 N–H and O–H groups in total. The Kier molecular flexibility index (Phi) is 5.96. The average Bonchev–Trinajstić information content (AvgIpc) is 3.15. The van der Waals surface area contributed by atoms with Crippen LogP contribution in [0, 0.1) is 6.92 Å². The Bertz CT molecular complexity index is 1070. The molecule has 0 saturated carbocycles. The molecule has 1 aromatic heterocycles. The van der Waals surface area contributed by atoms with Gasteiger partial charge in [-0.05, 0) is 54.4 Å². The van der Waals surface area contributed by atoms with Crippen LogP contribution >= 0.6 is 0 Å². The summed E-state index contributed by atoms with van der Waals surface area (Å²) in [6.07, 6.45) is 2.71. The summed E-state index contributed by atoms with van der Waals surface area (Å²) in [7, 11) is -3.39. The van der Waals surface area contributed by atoms with Gasteiger partial charge in [0.2, 0.25) is 0 Å². The Morgan fingerprint density at radius 3 is 2.61 bits per heavy atom. The van der Waals surface area contributed by atoms with Crippen LogP contribution in [-0.4, -0.2) is 20.6 Å². The number of sulfone groups is 1. The molecule has 3 aromatic rings. The molecule has 0 bridgehead atoms. The van der Waals surface area contributed by atoms with Crippen LogP contribution in [0.1, 0.15) is 27.2 Å². The number of anilines is 1. The second kappa shape index (κ2) is 8.41. The predicted octanol–water partition coefficient (Wildman–Crippen LogP) is 3.96. The van der Waals surface area contributed by atoms with Gasteiger partial charge in [-0.15, -0.1) is 0 Å². The van der Waals surface area contributed by atoms with Crippen LogP contribution in [0.3, 0.4) is 0 Å². The molecule has 0 radical (unpaired) electrons. The van der Waals surface area contributed by atoms with Crippen LogP contribution in [0.2, 0.25) is 0 Å². The van der Waals surface area contributed by atoms with Crippen LogP contribution < -0.4 is 5.32 Å². The van der Waals surface area contributed by atoms with Crippen LogP contribution in [0.4, 0.5) is 5.69 Å². The number of hydrogen-bond acceptors (Lipinski definition) is 5. The molecule has 1 heterocycles. The van der Waals surface area contributed by atoms with Crippen LogP contribution in [0.5, 0.6) is 0 Å². The average molecular weight is 399 g/mol. The van der Waals surface area contributed by atoms with Gasteiger partial charge >= 0.3 is 0 Å². The van der Waals surface area contributed by atoms with Crippen molar-refractivity contribution in [2.75, 3.05) is 11.6 Å². The first-order valence-electron chi connectivity index (χ1n) is 8.64. The monoisotopic (exact) mass is 399 g/mol. The number of hydrogen-bond donors (Lipinski definition) is 1. The Morgan fingerprint density at radius 2 is 1.89 bits per heavy atom. The molecule has 3 rings (SSSR count). The summed E-state index contributed by atoms with van der Waals surface area (Å²) in [4.78, 5) is 12.8. The van der Waals surface area contributed by atoms with E-state index in [0.29, 0.717) is 30.0 Å². The van der Waals surface area contributed by atoms with Gasteiger partial charge in [-0.2, -0.15) is 0 Å². The van der Waals surface area contributed by atoms with Crippen molar-refractivity contribution >= 4 is 21.4 Å². The second-order valence-corrected chi connectivity index (χ2v) is 8.49. The molecule has 2 aromatic carbocycles. The zero-order valence-electron chi connectivity index (χ0n) is 15.6. The Labute approximate surface area is 164 Å². The lowest BCUT2D eigenvalue weighted by molar-refractivity contribution is 0.0929. The lowest BCUT2D eigenvalue weighted by Gasteiger charge is -2.11. The molecule has 0 fully saturated rings. The molecule has 28 heavy (non-hydrogen) atoms. The molecule has 0 aliphatic heterocycles. The van der Waals surface area contributed by atoms with Crippen molar-refractivity contribution in [1.29, 1.82) is 0 Å². The molecule has 6 nitrogen and oxygen atoms in total. The first-order valence-corrected chi connectivity index (χ1v) is 10.5. The van der Waals surface area contributed by atoms with E-state index in [4.69, 9.17) is 9.15 Å². The van der Waals surface area contributed by atoms with E-state index in [-0.39, 0.29) is 10.8 Å². The summed E-state index contributed by atoms with van der Waals surface area (Å²) in [6.45, 7) is 2.49. The summed E-state index contributed by atoms with van der Waals surface area (Å²) in [6, 6.07) is 15.5. The first kappa shape index (κ1) is 19.9. The number of nitrogens with one attached hydrogen (secondary N) is 1. The number of ether oxygens (including phenoxy) is 1. The van der Waals surface area contributed by atoms with Gasteiger partial charge in [-0.25, -0.2) is 8.42 Å². The maximum Gasteiger partial charge on any atom is 0.255 e. The summed E-state index contributed by atoms with van der Waals surface area (Å²) in [5.74, 6) is 0.377. The zero-order valence-corrected chi connectivity index (χ0v) is 16.5. The van der Waals surface area contributed by atoms with E-state index in [2.05, 4.69) is 5.32 Å². The Morgan fingerprint density at radius 1 is 1.07 bits per heavy atom. The van der Waals surface area contributed by atoms with Crippen LogP contribution in [0.15, 0.2) is 70.2 Å². The highest BCUT2D eigenvalue weighted by atomic mass is 32.2. The van der Waals surface area contributed by atoms with Crippen molar-refractivity contribution in [3.05, 3.63) is 83.3 Å². The number of furan rings is 1. The molecule has 0 spiro atoms. The SMILES string of the molecule is Cc1ccc(S(C)(=O)=O)cc1C(=O)Nc1cccc(COCc2ccco2)c1. The second-order valence-electron chi connectivity index (χ2n) is 6.48. The van der Waals surface area contributed by atoms with Gasteiger partial charge in [-0.3, -0.25) is 4.79 Å². The number of rotatable bonds is 7. The van der Waals surface area contributed by atoms with Crippen molar-refractivity contribution in [2.45, 2.75) is 25.0 Å². The Hall–Kier alpha value is -2.90. The highest BCUT2D eigenvalue weighted by Gasteiger charge is 2.15. The molecule has 7 heteroatoms. The number of carbonyl (C=O) groups is 1. The van der Waals surface area contributed by atoms with Crippen LogP contribution in [-0.2, 0) is 27.8 Å². The fourth-order valence-electron chi connectivity index (χ4n) is 2.68. The summed E-state index contributed by atoms with van der Waals surface area (Å²) in [5.41, 5.74) is 2.52.